The highest BCUT2D eigenvalue weighted by Crippen LogP contribution is 2.25. The smallest absolute Gasteiger partial charge is 0.337 e. The third kappa shape index (κ3) is 5.01. The number of nitrogens with zero attached hydrogens (tertiary/aromatic N) is 2. The topological polar surface area (TPSA) is 84.1 Å². The van der Waals surface area contributed by atoms with Crippen molar-refractivity contribution in [2.24, 2.45) is 0 Å². The average Bonchev–Trinajstić information content (AvgIpc) is 3.20. The van der Waals surface area contributed by atoms with Crippen LogP contribution >= 0.6 is 11.6 Å². The zero-order valence-electron chi connectivity index (χ0n) is 18.3. The van der Waals surface area contributed by atoms with E-state index in [0.717, 1.165) is 22.0 Å². The van der Waals surface area contributed by atoms with Gasteiger partial charge in [-0.2, -0.15) is 5.26 Å². The molecule has 4 aromatic rings. The van der Waals surface area contributed by atoms with Crippen LogP contribution in [0.25, 0.3) is 17.0 Å². The number of anilines is 1. The van der Waals surface area contributed by atoms with Gasteiger partial charge in [0.05, 0.1) is 12.7 Å². The van der Waals surface area contributed by atoms with Gasteiger partial charge >= 0.3 is 5.97 Å². The summed E-state index contributed by atoms with van der Waals surface area (Å²) in [4.78, 5) is 24.4. The van der Waals surface area contributed by atoms with E-state index in [1.54, 1.807) is 30.3 Å². The average molecular weight is 470 g/mol. The monoisotopic (exact) mass is 469 g/mol. The molecule has 0 saturated heterocycles. The molecule has 34 heavy (non-hydrogen) atoms. The van der Waals surface area contributed by atoms with Gasteiger partial charge in [0.1, 0.15) is 11.6 Å². The van der Waals surface area contributed by atoms with Gasteiger partial charge in [-0.3, -0.25) is 4.79 Å². The third-order valence-electron chi connectivity index (χ3n) is 5.31. The lowest BCUT2D eigenvalue weighted by Crippen LogP contribution is -2.13. The number of aromatic nitrogens is 1. The lowest BCUT2D eigenvalue weighted by atomic mass is 10.1. The van der Waals surface area contributed by atoms with Crippen molar-refractivity contribution in [1.82, 2.24) is 4.57 Å². The number of hydrogen-bond donors (Lipinski definition) is 1. The van der Waals surface area contributed by atoms with E-state index in [2.05, 4.69) is 14.6 Å². The Morgan fingerprint density at radius 1 is 1.06 bits per heavy atom. The summed E-state index contributed by atoms with van der Waals surface area (Å²) in [6.45, 7) is 0.617. The van der Waals surface area contributed by atoms with E-state index in [4.69, 9.17) is 11.6 Å². The Labute approximate surface area is 201 Å². The maximum absolute atomic E-state index is 12.8. The van der Waals surface area contributed by atoms with E-state index < -0.39 is 11.9 Å². The normalized spacial score (nSPS) is 11.1. The van der Waals surface area contributed by atoms with Crippen LogP contribution in [0.1, 0.15) is 21.5 Å². The van der Waals surface area contributed by atoms with Gasteiger partial charge in [0.2, 0.25) is 0 Å². The Balaban J connectivity index is 1.61. The second-order valence-electron chi connectivity index (χ2n) is 7.55. The van der Waals surface area contributed by atoms with Gasteiger partial charge in [0, 0.05) is 39.9 Å². The quantitative estimate of drug-likeness (QED) is 0.224. The molecule has 1 heterocycles. The van der Waals surface area contributed by atoms with Gasteiger partial charge in [-0.05, 0) is 54.1 Å². The molecule has 1 N–H and O–H groups in total. The fraction of sp³-hybridized carbons (Fsp3) is 0.0741. The second kappa shape index (κ2) is 10.1. The Morgan fingerprint density at radius 3 is 2.44 bits per heavy atom. The van der Waals surface area contributed by atoms with Crippen molar-refractivity contribution in [3.8, 4) is 6.07 Å². The molecule has 0 aliphatic rings. The van der Waals surface area contributed by atoms with Crippen LogP contribution in [0.15, 0.2) is 84.6 Å². The number of ether oxygens (including phenoxy) is 1. The van der Waals surface area contributed by atoms with Gasteiger partial charge < -0.3 is 14.6 Å². The van der Waals surface area contributed by atoms with Gasteiger partial charge in [0.15, 0.2) is 0 Å². The molecule has 0 aliphatic carbocycles. The lowest BCUT2D eigenvalue weighted by molar-refractivity contribution is -0.112. The van der Waals surface area contributed by atoms with E-state index in [0.29, 0.717) is 22.8 Å². The summed E-state index contributed by atoms with van der Waals surface area (Å²) >= 11 is 6.00. The summed E-state index contributed by atoms with van der Waals surface area (Å²) in [7, 11) is 1.30. The van der Waals surface area contributed by atoms with Crippen LogP contribution in [0.3, 0.4) is 0 Å². The molecular formula is C27H20ClN3O3. The van der Waals surface area contributed by atoms with Gasteiger partial charge in [0.25, 0.3) is 5.91 Å². The molecule has 0 radical (unpaired) electrons. The van der Waals surface area contributed by atoms with Crippen molar-refractivity contribution in [3.63, 3.8) is 0 Å². The van der Waals surface area contributed by atoms with E-state index in [-0.39, 0.29) is 5.57 Å². The summed E-state index contributed by atoms with van der Waals surface area (Å²) < 4.78 is 6.74. The van der Waals surface area contributed by atoms with Crippen LogP contribution in [0.2, 0.25) is 5.02 Å². The number of para-hydroxylation sites is 1. The molecule has 0 fully saturated rings. The summed E-state index contributed by atoms with van der Waals surface area (Å²) in [6.07, 6.45) is 3.51. The van der Waals surface area contributed by atoms with Crippen LogP contribution in [0.5, 0.6) is 0 Å². The molecule has 0 atom stereocenters. The minimum Gasteiger partial charge on any atom is -0.465 e. The standard InChI is InChI=1S/C27H20ClN3O3/c1-34-27(33)19-8-12-23(13-9-19)30-26(32)20(15-29)14-21-17-31(25-5-3-2-4-24(21)25)16-18-6-10-22(28)11-7-18/h2-14,17H,16H2,1H3,(H,30,32)/b20-14+. The van der Waals surface area contributed by atoms with Crippen LogP contribution < -0.4 is 5.32 Å². The van der Waals surface area contributed by atoms with Crippen molar-refractivity contribution in [2.75, 3.05) is 12.4 Å². The maximum atomic E-state index is 12.8. The molecule has 3 aromatic carbocycles. The second-order valence-corrected chi connectivity index (χ2v) is 7.99. The zero-order chi connectivity index (χ0) is 24.1. The van der Waals surface area contributed by atoms with E-state index in [9.17, 15) is 14.9 Å². The first kappa shape index (κ1) is 22.8. The lowest BCUT2D eigenvalue weighted by Gasteiger charge is -2.05. The van der Waals surface area contributed by atoms with Crippen molar-refractivity contribution in [3.05, 3.63) is 106 Å². The number of carbonyl (C=O) groups excluding carboxylic acids is 2. The molecule has 1 aromatic heterocycles. The number of benzene rings is 3. The number of methoxy groups -OCH3 is 1. The van der Waals surface area contributed by atoms with Crippen molar-refractivity contribution in [2.45, 2.75) is 6.54 Å². The minimum atomic E-state index is -0.539. The number of hydrogen-bond acceptors (Lipinski definition) is 4. The maximum Gasteiger partial charge on any atom is 0.337 e. The Kier molecular flexibility index (Phi) is 6.77. The molecule has 0 unspecified atom stereocenters. The van der Waals surface area contributed by atoms with Crippen molar-refractivity contribution in [1.29, 1.82) is 5.26 Å². The van der Waals surface area contributed by atoms with E-state index >= 15 is 0 Å². The largest absolute Gasteiger partial charge is 0.465 e. The fourth-order valence-electron chi connectivity index (χ4n) is 3.62. The number of halogens is 1. The van der Waals surface area contributed by atoms with Crippen LogP contribution in [0, 0.1) is 11.3 Å². The van der Waals surface area contributed by atoms with Gasteiger partial charge in [-0.25, -0.2) is 4.79 Å². The van der Waals surface area contributed by atoms with E-state index in [1.807, 2.05) is 60.8 Å². The molecule has 1 amide bonds. The molecule has 168 valence electrons. The predicted octanol–water partition coefficient (Wildman–Crippen LogP) is 5.68. The summed E-state index contributed by atoms with van der Waals surface area (Å²) in [5.41, 5.74) is 3.62. The Hall–Kier alpha value is -4.34. The number of amides is 1. The van der Waals surface area contributed by atoms with Crippen LogP contribution in [-0.2, 0) is 16.1 Å². The van der Waals surface area contributed by atoms with Gasteiger partial charge in [-0.15, -0.1) is 0 Å². The number of esters is 1. The molecule has 0 saturated carbocycles. The highest BCUT2D eigenvalue weighted by atomic mass is 35.5. The molecule has 7 heteroatoms. The Bertz CT molecular complexity index is 1430. The zero-order valence-corrected chi connectivity index (χ0v) is 19.0. The molecule has 0 aliphatic heterocycles. The number of rotatable bonds is 6. The van der Waals surface area contributed by atoms with E-state index in [1.165, 1.54) is 7.11 Å². The van der Waals surface area contributed by atoms with Crippen LogP contribution in [0.4, 0.5) is 5.69 Å². The van der Waals surface area contributed by atoms with Crippen molar-refractivity contribution < 1.29 is 14.3 Å². The SMILES string of the molecule is COC(=O)c1ccc(NC(=O)/C(C#N)=C/c2cn(Cc3ccc(Cl)cc3)c3ccccc23)cc1. The minimum absolute atomic E-state index is 0.0357. The van der Waals surface area contributed by atoms with Gasteiger partial charge in [-0.1, -0.05) is 41.9 Å². The number of carbonyl (C=O) groups is 2. The first-order chi connectivity index (χ1) is 16.5. The highest BCUT2D eigenvalue weighted by molar-refractivity contribution is 6.30. The molecule has 6 nitrogen and oxygen atoms in total. The van der Waals surface area contributed by atoms with Crippen molar-refractivity contribution >= 4 is 46.1 Å². The highest BCUT2D eigenvalue weighted by Gasteiger charge is 2.14. The fourth-order valence-corrected chi connectivity index (χ4v) is 3.74. The number of nitriles is 1. The number of nitrogens with one attached hydrogen (secondary N) is 1. The van der Waals surface area contributed by atoms with Crippen LogP contribution in [-0.4, -0.2) is 23.6 Å². The molecule has 0 spiro atoms. The summed E-state index contributed by atoms with van der Waals surface area (Å²) in [5.74, 6) is -1.01. The number of fused-ring (bicyclic) bond motifs is 1. The first-order valence-electron chi connectivity index (χ1n) is 10.4. The predicted molar refractivity (Wildman–Crippen MR) is 132 cm³/mol. The molecular weight excluding hydrogens is 450 g/mol. The Morgan fingerprint density at radius 2 is 1.76 bits per heavy atom. The molecule has 4 rings (SSSR count). The first-order valence-corrected chi connectivity index (χ1v) is 10.8. The summed E-state index contributed by atoms with van der Waals surface area (Å²) in [6, 6.07) is 23.7. The third-order valence-corrected chi connectivity index (χ3v) is 5.57. The summed E-state index contributed by atoms with van der Waals surface area (Å²) in [5, 5.41) is 14.0. The molecule has 0 bridgehead atoms.